The molecule has 6 rings (SSSR count). The Labute approximate surface area is 176 Å². The second-order valence-corrected chi connectivity index (χ2v) is 8.25. The molecule has 0 spiro atoms. The van der Waals surface area contributed by atoms with Crippen molar-refractivity contribution < 1.29 is 0 Å². The predicted octanol–water partition coefficient (Wildman–Crippen LogP) is 5.68. The molecule has 3 heteroatoms. The first kappa shape index (κ1) is 17.3. The van der Waals surface area contributed by atoms with Crippen molar-refractivity contribution >= 4 is 22.4 Å². The van der Waals surface area contributed by atoms with Crippen LogP contribution in [0, 0.1) is 6.92 Å². The normalized spacial score (nSPS) is 17.5. The van der Waals surface area contributed by atoms with Crippen molar-refractivity contribution in [1.82, 2.24) is 15.1 Å². The maximum absolute atomic E-state index is 4.72. The summed E-state index contributed by atoms with van der Waals surface area (Å²) in [6, 6.07) is 23.9. The quantitative estimate of drug-likeness (QED) is 0.478. The number of allylic oxidation sites excluding steroid dienone is 1. The Morgan fingerprint density at radius 3 is 2.60 bits per heavy atom. The molecule has 1 unspecified atom stereocenters. The van der Waals surface area contributed by atoms with Crippen molar-refractivity contribution in [3.05, 3.63) is 107 Å². The zero-order valence-corrected chi connectivity index (χ0v) is 17.2. The van der Waals surface area contributed by atoms with Crippen molar-refractivity contribution in [2.45, 2.75) is 26.3 Å². The Bertz CT molecular complexity index is 1360. The van der Waals surface area contributed by atoms with Crippen molar-refractivity contribution in [1.29, 1.82) is 0 Å². The monoisotopic (exact) mass is 389 g/mol. The molecule has 1 aromatic heterocycles. The van der Waals surface area contributed by atoms with E-state index >= 15 is 0 Å². The summed E-state index contributed by atoms with van der Waals surface area (Å²) in [6.45, 7) is 4.35. The van der Waals surface area contributed by atoms with Gasteiger partial charge in [0.1, 0.15) is 0 Å². The summed E-state index contributed by atoms with van der Waals surface area (Å²) in [5.74, 6) is 0. The summed E-state index contributed by atoms with van der Waals surface area (Å²) in [6.07, 6.45) is 5.44. The zero-order chi connectivity index (χ0) is 20.2. The van der Waals surface area contributed by atoms with E-state index < -0.39 is 0 Å². The lowest BCUT2D eigenvalue weighted by Crippen LogP contribution is -2.28. The highest BCUT2D eigenvalue weighted by Crippen LogP contribution is 2.42. The average molecular weight is 390 g/mol. The molecule has 1 aliphatic carbocycles. The molecule has 0 radical (unpaired) electrons. The molecule has 0 bridgehead atoms. The molecule has 0 saturated heterocycles. The number of rotatable bonds is 2. The molecule has 30 heavy (non-hydrogen) atoms. The number of benzene rings is 3. The van der Waals surface area contributed by atoms with E-state index in [4.69, 9.17) is 5.10 Å². The Morgan fingerprint density at radius 1 is 0.933 bits per heavy atom. The number of aromatic nitrogens is 2. The van der Waals surface area contributed by atoms with Gasteiger partial charge >= 0.3 is 0 Å². The van der Waals surface area contributed by atoms with Crippen molar-refractivity contribution in [3.8, 4) is 5.69 Å². The topological polar surface area (TPSA) is 29.9 Å². The van der Waals surface area contributed by atoms with Crippen molar-refractivity contribution in [3.63, 3.8) is 0 Å². The summed E-state index contributed by atoms with van der Waals surface area (Å²) in [5, 5.41) is 11.1. The van der Waals surface area contributed by atoms with Crippen molar-refractivity contribution in [2.75, 3.05) is 0 Å². The van der Waals surface area contributed by atoms with Crippen LogP contribution in [0.3, 0.4) is 0 Å². The smallest absolute Gasteiger partial charge is 0.0648 e. The summed E-state index contributed by atoms with van der Waals surface area (Å²) >= 11 is 0. The highest BCUT2D eigenvalue weighted by molar-refractivity contribution is 5.98. The molecular weight excluding hydrogens is 366 g/mol. The van der Waals surface area contributed by atoms with Gasteiger partial charge in [-0.2, -0.15) is 5.10 Å². The molecular formula is C27H23N3. The third-order valence-corrected chi connectivity index (χ3v) is 6.49. The van der Waals surface area contributed by atoms with E-state index in [-0.39, 0.29) is 0 Å². The van der Waals surface area contributed by atoms with Gasteiger partial charge in [0.2, 0.25) is 0 Å². The maximum Gasteiger partial charge on any atom is 0.0648 e. The molecule has 0 amide bonds. The minimum atomic E-state index is 0.327. The lowest BCUT2D eigenvalue weighted by Gasteiger charge is -2.23. The maximum atomic E-state index is 4.72. The average Bonchev–Trinajstić information content (AvgIpc) is 3.30. The number of nitrogens with one attached hydrogen (secondary N) is 1. The second kappa shape index (κ2) is 6.46. The fraction of sp³-hybridized carbons (Fsp3) is 0.148. The van der Waals surface area contributed by atoms with Crippen LogP contribution in [0.15, 0.2) is 84.2 Å². The Morgan fingerprint density at radius 2 is 1.73 bits per heavy atom. The molecule has 0 saturated carbocycles. The molecule has 1 aliphatic heterocycles. The van der Waals surface area contributed by atoms with Gasteiger partial charge in [-0.05, 0) is 65.9 Å². The van der Waals surface area contributed by atoms with E-state index in [1.165, 1.54) is 50.0 Å². The lowest BCUT2D eigenvalue weighted by molar-refractivity contribution is 0.674. The van der Waals surface area contributed by atoms with E-state index in [1.807, 2.05) is 16.9 Å². The van der Waals surface area contributed by atoms with Gasteiger partial charge in [0.05, 0.1) is 17.9 Å². The van der Waals surface area contributed by atoms with Crippen LogP contribution in [0.4, 0.5) is 0 Å². The summed E-state index contributed by atoms with van der Waals surface area (Å²) in [5.41, 5.74) is 10.2. The van der Waals surface area contributed by atoms with Gasteiger partial charge in [-0.25, -0.2) is 4.68 Å². The first-order valence-electron chi connectivity index (χ1n) is 10.5. The number of hydrogen-bond donors (Lipinski definition) is 1. The summed E-state index contributed by atoms with van der Waals surface area (Å²) in [7, 11) is 0. The summed E-state index contributed by atoms with van der Waals surface area (Å²) in [4.78, 5) is 0. The Balaban J connectivity index is 1.51. The van der Waals surface area contributed by atoms with Crippen LogP contribution < -0.4 is 5.32 Å². The number of fused-ring (bicyclic) bond motifs is 4. The molecule has 0 fully saturated rings. The lowest BCUT2D eigenvalue weighted by atomic mass is 9.83. The molecule has 3 aromatic carbocycles. The minimum Gasteiger partial charge on any atom is -0.381 e. The predicted molar refractivity (Wildman–Crippen MR) is 123 cm³/mol. The van der Waals surface area contributed by atoms with Crippen LogP contribution in [-0.2, 0) is 6.42 Å². The molecule has 3 nitrogen and oxygen atoms in total. The largest absolute Gasteiger partial charge is 0.381 e. The third-order valence-electron chi connectivity index (χ3n) is 6.49. The first-order chi connectivity index (χ1) is 14.7. The van der Waals surface area contributed by atoms with Crippen LogP contribution in [0.2, 0.25) is 0 Å². The van der Waals surface area contributed by atoms with E-state index in [9.17, 15) is 0 Å². The second-order valence-electron chi connectivity index (χ2n) is 8.25. The molecule has 146 valence electrons. The van der Waals surface area contributed by atoms with Gasteiger partial charge in [0.25, 0.3) is 0 Å². The molecule has 1 N–H and O–H groups in total. The first-order valence-corrected chi connectivity index (χ1v) is 10.5. The minimum absolute atomic E-state index is 0.327. The fourth-order valence-electron chi connectivity index (χ4n) is 5.04. The third kappa shape index (κ3) is 2.48. The molecule has 2 heterocycles. The van der Waals surface area contributed by atoms with Crippen LogP contribution in [0.1, 0.15) is 29.3 Å². The molecule has 1 atom stereocenters. The van der Waals surface area contributed by atoms with Crippen LogP contribution >= 0.6 is 0 Å². The Kier molecular flexibility index (Phi) is 3.72. The van der Waals surface area contributed by atoms with E-state index in [0.717, 1.165) is 12.1 Å². The van der Waals surface area contributed by atoms with Gasteiger partial charge in [-0.3, -0.25) is 0 Å². The molecule has 4 aromatic rings. The van der Waals surface area contributed by atoms with Gasteiger partial charge in [-0.15, -0.1) is 0 Å². The standard InChI is InChI=1S/C27H23N3/c1-17-27(25-16-28-30(18(25)2)21-9-4-3-5-10-21)24-15-23-20(14-26(24)29-17)13-12-19-8-6-7-11-22(19)23/h3-13,15-16,26,29H,14H2,1-2H3. The molecule has 2 aliphatic rings. The van der Waals surface area contributed by atoms with Gasteiger partial charge in [0.15, 0.2) is 0 Å². The van der Waals surface area contributed by atoms with E-state index in [0.29, 0.717) is 6.04 Å². The van der Waals surface area contributed by atoms with Crippen molar-refractivity contribution in [2.24, 2.45) is 0 Å². The van der Waals surface area contributed by atoms with E-state index in [1.54, 1.807) is 0 Å². The highest BCUT2D eigenvalue weighted by Gasteiger charge is 2.33. The van der Waals surface area contributed by atoms with Crippen LogP contribution in [-0.4, -0.2) is 15.8 Å². The van der Waals surface area contributed by atoms with Gasteiger partial charge in [0, 0.05) is 22.5 Å². The summed E-state index contributed by atoms with van der Waals surface area (Å²) < 4.78 is 2.04. The number of nitrogens with zero attached hydrogens (tertiary/aromatic N) is 2. The van der Waals surface area contributed by atoms with Crippen LogP contribution in [0.25, 0.3) is 28.1 Å². The zero-order valence-electron chi connectivity index (χ0n) is 17.2. The van der Waals surface area contributed by atoms with Gasteiger partial charge in [-0.1, -0.05) is 54.6 Å². The van der Waals surface area contributed by atoms with Crippen LogP contribution in [0.5, 0.6) is 0 Å². The Hall–Kier alpha value is -3.59. The number of para-hydroxylation sites is 1. The van der Waals surface area contributed by atoms with E-state index in [2.05, 4.69) is 85.9 Å². The highest BCUT2D eigenvalue weighted by atomic mass is 15.3. The van der Waals surface area contributed by atoms with Gasteiger partial charge < -0.3 is 5.32 Å². The number of hydrogen-bond acceptors (Lipinski definition) is 2. The fourth-order valence-corrected chi connectivity index (χ4v) is 5.04. The SMILES string of the molecule is CC1=C(c2cnn(-c3ccccc3)c2C)C2=Cc3c(ccc4ccccc34)CC2N1.